The molecule has 1 aliphatic rings. The topological polar surface area (TPSA) is 78.1 Å². The van der Waals surface area contributed by atoms with Gasteiger partial charge in [0.15, 0.2) is 5.03 Å². The monoisotopic (exact) mass is 272 g/mol. The maximum absolute atomic E-state index is 12.5. The summed E-state index contributed by atoms with van der Waals surface area (Å²) in [5, 5.41) is 9.86. The molecule has 1 aliphatic heterocycles. The highest BCUT2D eigenvalue weighted by molar-refractivity contribution is 7.89. The van der Waals surface area contributed by atoms with Crippen LogP contribution < -0.4 is 5.32 Å². The normalized spacial score (nSPS) is 18.1. The van der Waals surface area contributed by atoms with E-state index >= 15 is 0 Å². The van der Waals surface area contributed by atoms with E-state index in [1.807, 2.05) is 6.92 Å². The number of nitrogens with one attached hydrogen (secondary N) is 2. The molecule has 0 aliphatic carbocycles. The quantitative estimate of drug-likeness (QED) is 0.827. The molecule has 2 heterocycles. The summed E-state index contributed by atoms with van der Waals surface area (Å²) in [7, 11) is -3.40. The largest absolute Gasteiger partial charge is 0.313 e. The number of aromatic nitrogens is 2. The molecule has 102 valence electrons. The molecule has 0 aromatic carbocycles. The van der Waals surface area contributed by atoms with E-state index in [1.54, 1.807) is 10.5 Å². The van der Waals surface area contributed by atoms with Crippen LogP contribution in [0.3, 0.4) is 0 Å². The van der Waals surface area contributed by atoms with Crippen LogP contribution in [0.25, 0.3) is 0 Å². The lowest BCUT2D eigenvalue weighted by atomic mass is 10.2. The summed E-state index contributed by atoms with van der Waals surface area (Å²) >= 11 is 0. The van der Waals surface area contributed by atoms with Gasteiger partial charge in [0, 0.05) is 25.2 Å². The number of H-pyrrole nitrogens is 1. The Balaban J connectivity index is 2.20. The Morgan fingerprint density at radius 3 is 2.78 bits per heavy atom. The molecule has 1 saturated heterocycles. The summed E-state index contributed by atoms with van der Waals surface area (Å²) in [5.41, 5.74) is 0.711. The summed E-state index contributed by atoms with van der Waals surface area (Å²) in [6.45, 7) is 4.53. The van der Waals surface area contributed by atoms with Crippen molar-refractivity contribution in [3.63, 3.8) is 0 Å². The molecule has 7 heteroatoms. The van der Waals surface area contributed by atoms with Crippen LogP contribution in [0.15, 0.2) is 11.2 Å². The highest BCUT2D eigenvalue weighted by Gasteiger charge is 2.29. The third-order valence-corrected chi connectivity index (χ3v) is 5.07. The summed E-state index contributed by atoms with van der Waals surface area (Å²) in [4.78, 5) is 0. The van der Waals surface area contributed by atoms with Gasteiger partial charge < -0.3 is 5.32 Å². The Morgan fingerprint density at radius 1 is 1.39 bits per heavy atom. The van der Waals surface area contributed by atoms with E-state index in [1.165, 1.54) is 0 Å². The lowest BCUT2D eigenvalue weighted by Gasteiger charge is -2.25. The van der Waals surface area contributed by atoms with Crippen molar-refractivity contribution in [3.05, 3.63) is 11.8 Å². The van der Waals surface area contributed by atoms with Crippen molar-refractivity contribution >= 4 is 10.0 Å². The van der Waals surface area contributed by atoms with Crippen molar-refractivity contribution < 1.29 is 8.42 Å². The van der Waals surface area contributed by atoms with Crippen LogP contribution in [0, 0.1) is 0 Å². The first kappa shape index (κ1) is 13.5. The smallest absolute Gasteiger partial charge is 0.260 e. The van der Waals surface area contributed by atoms with Gasteiger partial charge in [0.25, 0.3) is 10.0 Å². The van der Waals surface area contributed by atoms with Gasteiger partial charge in [-0.2, -0.15) is 9.40 Å². The molecule has 0 spiro atoms. The first-order valence-electron chi connectivity index (χ1n) is 6.39. The van der Waals surface area contributed by atoms with Gasteiger partial charge in [-0.1, -0.05) is 13.3 Å². The third kappa shape index (κ3) is 2.73. The van der Waals surface area contributed by atoms with E-state index in [0.29, 0.717) is 25.2 Å². The van der Waals surface area contributed by atoms with E-state index in [4.69, 9.17) is 0 Å². The molecule has 2 rings (SSSR count). The third-order valence-electron chi connectivity index (χ3n) is 3.16. The number of nitrogens with zero attached hydrogens (tertiary/aromatic N) is 2. The lowest BCUT2D eigenvalue weighted by Crippen LogP contribution is -2.36. The minimum atomic E-state index is -3.40. The number of sulfonamides is 1. The van der Waals surface area contributed by atoms with Gasteiger partial charge in [-0.3, -0.25) is 5.10 Å². The number of rotatable bonds is 5. The molecule has 0 radical (unpaired) electrons. The van der Waals surface area contributed by atoms with Gasteiger partial charge in [0.1, 0.15) is 0 Å². The van der Waals surface area contributed by atoms with Crippen LogP contribution >= 0.6 is 0 Å². The number of hydrogen-bond donors (Lipinski definition) is 2. The molecule has 0 atom stereocenters. The van der Waals surface area contributed by atoms with Gasteiger partial charge in [0.05, 0.1) is 6.20 Å². The molecule has 18 heavy (non-hydrogen) atoms. The Hall–Kier alpha value is -0.920. The Labute approximate surface area is 108 Å². The molecule has 0 bridgehead atoms. The molecule has 6 nitrogen and oxygen atoms in total. The molecule has 1 aromatic heterocycles. The summed E-state index contributed by atoms with van der Waals surface area (Å²) in [5.74, 6) is 0. The predicted molar refractivity (Wildman–Crippen MR) is 68.6 cm³/mol. The van der Waals surface area contributed by atoms with Crippen LogP contribution in [0.5, 0.6) is 0 Å². The highest BCUT2D eigenvalue weighted by atomic mass is 32.2. The average molecular weight is 272 g/mol. The predicted octanol–water partition coefficient (Wildman–Crippen LogP) is 0.694. The summed E-state index contributed by atoms with van der Waals surface area (Å²) < 4.78 is 26.5. The average Bonchev–Trinajstić information content (AvgIpc) is 2.86. The van der Waals surface area contributed by atoms with Gasteiger partial charge >= 0.3 is 0 Å². The van der Waals surface area contributed by atoms with Crippen LogP contribution in [-0.4, -0.2) is 42.6 Å². The lowest BCUT2D eigenvalue weighted by molar-refractivity contribution is 0.345. The van der Waals surface area contributed by atoms with Crippen LogP contribution in [-0.2, 0) is 16.6 Å². The van der Waals surface area contributed by atoms with Gasteiger partial charge in [0.2, 0.25) is 0 Å². The van der Waals surface area contributed by atoms with Crippen molar-refractivity contribution in [2.24, 2.45) is 0 Å². The maximum Gasteiger partial charge on any atom is 0.260 e. The molecule has 1 aromatic rings. The van der Waals surface area contributed by atoms with Crippen molar-refractivity contribution in [2.45, 2.75) is 37.8 Å². The summed E-state index contributed by atoms with van der Waals surface area (Å²) in [6.07, 6.45) is 4.57. The fourth-order valence-electron chi connectivity index (χ4n) is 2.14. The van der Waals surface area contributed by atoms with E-state index < -0.39 is 10.0 Å². The maximum atomic E-state index is 12.5. The molecular formula is C11H20N4O2S. The zero-order valence-electron chi connectivity index (χ0n) is 10.6. The zero-order chi connectivity index (χ0) is 13.0. The molecule has 2 N–H and O–H groups in total. The van der Waals surface area contributed by atoms with E-state index in [-0.39, 0.29) is 5.03 Å². The Kier molecular flexibility index (Phi) is 4.36. The fraction of sp³-hybridized carbons (Fsp3) is 0.727. The second-order valence-electron chi connectivity index (χ2n) is 4.47. The number of aromatic amines is 1. The molecule has 1 fully saturated rings. The van der Waals surface area contributed by atoms with Crippen LogP contribution in [0.2, 0.25) is 0 Å². The van der Waals surface area contributed by atoms with Gasteiger partial charge in [-0.15, -0.1) is 0 Å². The van der Waals surface area contributed by atoms with Crippen molar-refractivity contribution in [1.29, 1.82) is 0 Å². The first-order chi connectivity index (χ1) is 8.66. The van der Waals surface area contributed by atoms with Gasteiger partial charge in [-0.25, -0.2) is 8.42 Å². The van der Waals surface area contributed by atoms with Crippen molar-refractivity contribution in [2.75, 3.05) is 19.6 Å². The van der Waals surface area contributed by atoms with E-state index in [9.17, 15) is 8.42 Å². The SMILES string of the molecule is CCNCc1cn[nH]c1S(=O)(=O)N1CCCCC1. The number of piperidine rings is 1. The molecular weight excluding hydrogens is 252 g/mol. The van der Waals surface area contributed by atoms with E-state index in [0.717, 1.165) is 25.8 Å². The van der Waals surface area contributed by atoms with Crippen LogP contribution in [0.1, 0.15) is 31.7 Å². The fourth-order valence-corrected chi connectivity index (χ4v) is 3.76. The van der Waals surface area contributed by atoms with Crippen molar-refractivity contribution in [1.82, 2.24) is 19.8 Å². The standard InChI is InChI=1S/C11H20N4O2S/c1-2-12-8-10-9-13-14-11(10)18(16,17)15-6-4-3-5-7-15/h9,12H,2-8H2,1H3,(H,13,14). The second kappa shape index (κ2) is 5.81. The summed E-state index contributed by atoms with van der Waals surface area (Å²) in [6, 6.07) is 0. The molecule has 0 unspecified atom stereocenters. The Morgan fingerprint density at radius 2 is 2.11 bits per heavy atom. The second-order valence-corrected chi connectivity index (χ2v) is 6.34. The Bertz CT molecular complexity index is 477. The first-order valence-corrected chi connectivity index (χ1v) is 7.83. The van der Waals surface area contributed by atoms with Gasteiger partial charge in [-0.05, 0) is 19.4 Å². The number of hydrogen-bond acceptors (Lipinski definition) is 4. The zero-order valence-corrected chi connectivity index (χ0v) is 11.5. The molecule has 0 saturated carbocycles. The molecule has 0 amide bonds. The van der Waals surface area contributed by atoms with E-state index in [2.05, 4.69) is 15.5 Å². The minimum absolute atomic E-state index is 0.241. The van der Waals surface area contributed by atoms with Crippen molar-refractivity contribution in [3.8, 4) is 0 Å². The van der Waals surface area contributed by atoms with Crippen LogP contribution in [0.4, 0.5) is 0 Å². The highest BCUT2D eigenvalue weighted by Crippen LogP contribution is 2.21. The minimum Gasteiger partial charge on any atom is -0.313 e.